The molecule has 0 radical (unpaired) electrons. The predicted molar refractivity (Wildman–Crippen MR) is 116 cm³/mol. The fourth-order valence-corrected chi connectivity index (χ4v) is 3.69. The highest BCUT2D eigenvalue weighted by Gasteiger charge is 2.18. The molecule has 5 heteroatoms. The summed E-state index contributed by atoms with van der Waals surface area (Å²) in [5.41, 5.74) is 5.10. The number of aromatic carboxylic acids is 1. The van der Waals surface area contributed by atoms with Gasteiger partial charge in [-0.25, -0.2) is 4.79 Å². The lowest BCUT2D eigenvalue weighted by molar-refractivity contribution is -0.119. The number of nitrogens with one attached hydrogen (secondary N) is 1. The molecular weight excluding hydrogens is 364 g/mol. The van der Waals surface area contributed by atoms with Crippen LogP contribution in [0.2, 0.25) is 0 Å². The Labute approximate surface area is 172 Å². The molecule has 1 heterocycles. The van der Waals surface area contributed by atoms with Crippen LogP contribution in [0.1, 0.15) is 54.6 Å². The molecule has 0 spiro atoms. The van der Waals surface area contributed by atoms with Crippen molar-refractivity contribution in [2.75, 3.05) is 18.0 Å². The van der Waals surface area contributed by atoms with E-state index >= 15 is 0 Å². The van der Waals surface area contributed by atoms with Gasteiger partial charge in [0.05, 0.1) is 12.0 Å². The summed E-state index contributed by atoms with van der Waals surface area (Å²) in [5, 5.41) is 12.1. The molecule has 0 saturated carbocycles. The van der Waals surface area contributed by atoms with Crippen LogP contribution in [0.5, 0.6) is 0 Å². The first-order chi connectivity index (χ1) is 14.0. The van der Waals surface area contributed by atoms with E-state index in [-0.39, 0.29) is 17.9 Å². The zero-order valence-electron chi connectivity index (χ0n) is 17.1. The number of carboxylic acids is 1. The summed E-state index contributed by atoms with van der Waals surface area (Å²) in [5.74, 6) is -1.08. The Bertz CT molecular complexity index is 906. The van der Waals surface area contributed by atoms with Gasteiger partial charge in [0.25, 0.3) is 0 Å². The molecule has 1 aliphatic rings. The van der Waals surface area contributed by atoms with Gasteiger partial charge in [0.2, 0.25) is 5.91 Å². The fraction of sp³-hybridized carbons (Fsp3) is 0.333. The average Bonchev–Trinajstić information content (AvgIpc) is 2.73. The van der Waals surface area contributed by atoms with Gasteiger partial charge in [-0.1, -0.05) is 35.9 Å². The summed E-state index contributed by atoms with van der Waals surface area (Å²) in [6, 6.07) is 14.7. The van der Waals surface area contributed by atoms with Crippen LogP contribution in [-0.2, 0) is 11.2 Å². The molecule has 0 atom stereocenters. The Hall–Kier alpha value is -3.08. The maximum absolute atomic E-state index is 12.7. The second-order valence-corrected chi connectivity index (χ2v) is 7.67. The van der Waals surface area contributed by atoms with Crippen LogP contribution >= 0.6 is 0 Å². The maximum atomic E-state index is 12.7. The Balaban J connectivity index is 1.78. The lowest BCUT2D eigenvalue weighted by atomic mass is 10.0. The lowest BCUT2D eigenvalue weighted by Gasteiger charge is -2.31. The number of nitrogens with zero attached hydrogens (tertiary/aromatic N) is 1. The maximum Gasteiger partial charge on any atom is 0.335 e. The number of amides is 1. The largest absolute Gasteiger partial charge is 0.478 e. The highest BCUT2D eigenvalue weighted by atomic mass is 16.4. The highest BCUT2D eigenvalue weighted by molar-refractivity contribution is 5.92. The molecule has 1 aliphatic heterocycles. The van der Waals surface area contributed by atoms with Crippen LogP contribution in [0.25, 0.3) is 5.70 Å². The van der Waals surface area contributed by atoms with E-state index in [0.717, 1.165) is 41.2 Å². The molecule has 0 bridgehead atoms. The molecule has 0 unspecified atom stereocenters. The third-order valence-corrected chi connectivity index (χ3v) is 5.20. The van der Waals surface area contributed by atoms with E-state index in [2.05, 4.69) is 22.3 Å². The summed E-state index contributed by atoms with van der Waals surface area (Å²) < 4.78 is 0. The summed E-state index contributed by atoms with van der Waals surface area (Å²) in [6.45, 7) is 6.09. The number of anilines is 1. The van der Waals surface area contributed by atoms with Crippen LogP contribution in [-0.4, -0.2) is 30.1 Å². The molecule has 29 heavy (non-hydrogen) atoms. The molecule has 1 saturated heterocycles. The molecule has 152 valence electrons. The zero-order valence-corrected chi connectivity index (χ0v) is 17.1. The minimum atomic E-state index is -0.970. The molecule has 5 nitrogen and oxygen atoms in total. The van der Waals surface area contributed by atoms with Crippen LogP contribution < -0.4 is 10.2 Å². The van der Waals surface area contributed by atoms with E-state index in [1.165, 1.54) is 31.4 Å². The molecular formula is C24H28N2O3. The van der Waals surface area contributed by atoms with Gasteiger partial charge in [-0.05, 0) is 56.9 Å². The average molecular weight is 392 g/mol. The fourth-order valence-electron chi connectivity index (χ4n) is 3.69. The smallest absolute Gasteiger partial charge is 0.335 e. The first-order valence-corrected chi connectivity index (χ1v) is 10.1. The number of carboxylic acid groups (broad SMARTS) is 1. The van der Waals surface area contributed by atoms with Gasteiger partial charge in [-0.15, -0.1) is 0 Å². The normalized spacial score (nSPS) is 13.7. The van der Waals surface area contributed by atoms with Gasteiger partial charge < -0.3 is 15.3 Å². The first kappa shape index (κ1) is 20.6. The van der Waals surface area contributed by atoms with Crippen LogP contribution in [0, 0.1) is 0 Å². The SMILES string of the molecule is CC(C)=C(NC(=O)Cc1ccc(C(=O)O)cc1)c1ccccc1N1CCCCC1. The molecule has 0 aromatic heterocycles. The third-order valence-electron chi connectivity index (χ3n) is 5.20. The van der Waals surface area contributed by atoms with Crippen molar-refractivity contribution < 1.29 is 14.7 Å². The van der Waals surface area contributed by atoms with Gasteiger partial charge in [0, 0.05) is 30.0 Å². The molecule has 2 N–H and O–H groups in total. The number of piperidine rings is 1. The molecule has 1 amide bonds. The second-order valence-electron chi connectivity index (χ2n) is 7.67. The quantitative estimate of drug-likeness (QED) is 0.760. The number of carbonyl (C=O) groups excluding carboxylic acids is 1. The van der Waals surface area contributed by atoms with E-state index in [9.17, 15) is 9.59 Å². The second kappa shape index (κ2) is 9.41. The molecule has 2 aromatic carbocycles. The Morgan fingerprint density at radius 3 is 2.24 bits per heavy atom. The number of para-hydroxylation sites is 1. The predicted octanol–water partition coefficient (Wildman–Crippen LogP) is 4.48. The van der Waals surface area contributed by atoms with Crippen molar-refractivity contribution in [3.8, 4) is 0 Å². The van der Waals surface area contributed by atoms with Crippen LogP contribution in [0.3, 0.4) is 0 Å². The topological polar surface area (TPSA) is 69.6 Å². The molecule has 0 aliphatic carbocycles. The third kappa shape index (κ3) is 5.25. The van der Waals surface area contributed by atoms with Crippen molar-refractivity contribution in [1.82, 2.24) is 5.32 Å². The van der Waals surface area contributed by atoms with Crippen molar-refractivity contribution in [2.45, 2.75) is 39.5 Å². The molecule has 2 aromatic rings. The first-order valence-electron chi connectivity index (χ1n) is 10.1. The van der Waals surface area contributed by atoms with Gasteiger partial charge in [0.15, 0.2) is 0 Å². The number of rotatable bonds is 6. The van der Waals surface area contributed by atoms with Gasteiger partial charge in [0.1, 0.15) is 0 Å². The van der Waals surface area contributed by atoms with Gasteiger partial charge in [-0.2, -0.15) is 0 Å². The number of allylic oxidation sites excluding steroid dienone is 1. The van der Waals surface area contributed by atoms with E-state index in [1.54, 1.807) is 12.1 Å². The zero-order chi connectivity index (χ0) is 20.8. The number of carbonyl (C=O) groups is 2. The summed E-state index contributed by atoms with van der Waals surface area (Å²) in [6.07, 6.45) is 3.85. The summed E-state index contributed by atoms with van der Waals surface area (Å²) >= 11 is 0. The van der Waals surface area contributed by atoms with Crippen LogP contribution in [0.15, 0.2) is 54.1 Å². The number of benzene rings is 2. The standard InChI is InChI=1S/C24H28N2O3/c1-17(2)23(20-8-4-5-9-21(20)26-14-6-3-7-15-26)25-22(27)16-18-10-12-19(13-11-18)24(28)29/h4-5,8-13H,3,6-7,14-16H2,1-2H3,(H,25,27)(H,28,29). The van der Waals surface area contributed by atoms with Gasteiger partial charge >= 0.3 is 5.97 Å². The highest BCUT2D eigenvalue weighted by Crippen LogP contribution is 2.30. The molecule has 3 rings (SSSR count). The van der Waals surface area contributed by atoms with Crippen molar-refractivity contribution in [2.24, 2.45) is 0 Å². The van der Waals surface area contributed by atoms with E-state index < -0.39 is 5.97 Å². The number of hydrogen-bond donors (Lipinski definition) is 2. The Morgan fingerprint density at radius 2 is 1.62 bits per heavy atom. The van der Waals surface area contributed by atoms with Gasteiger partial charge in [-0.3, -0.25) is 4.79 Å². The minimum Gasteiger partial charge on any atom is -0.478 e. The summed E-state index contributed by atoms with van der Waals surface area (Å²) in [4.78, 5) is 26.1. The Kier molecular flexibility index (Phi) is 6.70. The van der Waals surface area contributed by atoms with E-state index in [4.69, 9.17) is 5.11 Å². The van der Waals surface area contributed by atoms with E-state index in [1.807, 2.05) is 26.0 Å². The molecule has 1 fully saturated rings. The van der Waals surface area contributed by atoms with Crippen LogP contribution in [0.4, 0.5) is 5.69 Å². The van der Waals surface area contributed by atoms with Crippen molar-refractivity contribution >= 4 is 23.3 Å². The van der Waals surface area contributed by atoms with Crippen molar-refractivity contribution in [3.05, 3.63) is 70.8 Å². The van der Waals surface area contributed by atoms with E-state index in [0.29, 0.717) is 0 Å². The van der Waals surface area contributed by atoms with Crippen molar-refractivity contribution in [1.29, 1.82) is 0 Å². The number of hydrogen-bond acceptors (Lipinski definition) is 3. The minimum absolute atomic E-state index is 0.113. The monoisotopic (exact) mass is 392 g/mol. The lowest BCUT2D eigenvalue weighted by Crippen LogP contribution is -2.31. The summed E-state index contributed by atoms with van der Waals surface area (Å²) in [7, 11) is 0. The Morgan fingerprint density at radius 1 is 0.966 bits per heavy atom. The van der Waals surface area contributed by atoms with Crippen molar-refractivity contribution in [3.63, 3.8) is 0 Å².